The van der Waals surface area contributed by atoms with Crippen LogP contribution in [0.3, 0.4) is 0 Å². The third-order valence-corrected chi connectivity index (χ3v) is 4.18. The summed E-state index contributed by atoms with van der Waals surface area (Å²) in [6.45, 7) is 1.46. The fraction of sp³-hybridized carbons (Fsp3) is 0.188. The number of aryl methyl sites for hydroxylation is 1. The lowest BCUT2D eigenvalue weighted by atomic mass is 10.2. The van der Waals surface area contributed by atoms with E-state index in [9.17, 15) is 9.59 Å². The van der Waals surface area contributed by atoms with Gasteiger partial charge in [-0.05, 0) is 24.4 Å². The number of carbonyl (C=O) groups excluding carboxylic acids is 2. The van der Waals surface area contributed by atoms with Gasteiger partial charge < -0.3 is 13.8 Å². The standard InChI is InChI=1S/C16H14N2O4S/c1-10(19)11-6-13(18(2)8-11)16(20)21-9-12-7-14(22-17-12)15-4-3-5-23-15/h3-8H,9H2,1-2H3. The maximum Gasteiger partial charge on any atom is 0.355 e. The molecule has 0 N–H and O–H groups in total. The van der Waals surface area contributed by atoms with Gasteiger partial charge in [0.25, 0.3) is 0 Å². The van der Waals surface area contributed by atoms with Crippen LogP contribution in [0.4, 0.5) is 0 Å². The van der Waals surface area contributed by atoms with Crippen LogP contribution in [0.2, 0.25) is 0 Å². The smallest absolute Gasteiger partial charge is 0.355 e. The molecule has 3 aromatic heterocycles. The Balaban J connectivity index is 1.66. The van der Waals surface area contributed by atoms with Crippen molar-refractivity contribution in [3.63, 3.8) is 0 Å². The van der Waals surface area contributed by atoms with Gasteiger partial charge in [0.05, 0.1) is 4.88 Å². The van der Waals surface area contributed by atoms with Crippen LogP contribution in [0.15, 0.2) is 40.4 Å². The van der Waals surface area contributed by atoms with E-state index in [1.54, 1.807) is 35.2 Å². The minimum absolute atomic E-state index is 0.00823. The SMILES string of the molecule is CC(=O)c1cc(C(=O)OCc2cc(-c3cccs3)on2)n(C)c1. The van der Waals surface area contributed by atoms with E-state index in [-0.39, 0.29) is 12.4 Å². The molecule has 0 aliphatic carbocycles. The summed E-state index contributed by atoms with van der Waals surface area (Å²) in [5.74, 6) is 0.0289. The van der Waals surface area contributed by atoms with Gasteiger partial charge in [0, 0.05) is 24.9 Å². The summed E-state index contributed by atoms with van der Waals surface area (Å²) in [4.78, 5) is 24.4. The average Bonchev–Trinajstić information content (AvgIpc) is 3.24. The molecule has 0 bridgehead atoms. The van der Waals surface area contributed by atoms with Gasteiger partial charge in [0.15, 0.2) is 11.5 Å². The number of ether oxygens (including phenoxy) is 1. The van der Waals surface area contributed by atoms with Gasteiger partial charge in [-0.2, -0.15) is 0 Å². The summed E-state index contributed by atoms with van der Waals surface area (Å²) in [6, 6.07) is 7.11. The molecule has 0 aromatic carbocycles. The van der Waals surface area contributed by atoms with Crippen molar-refractivity contribution in [3.05, 3.63) is 52.8 Å². The van der Waals surface area contributed by atoms with Crippen molar-refractivity contribution in [1.82, 2.24) is 9.72 Å². The van der Waals surface area contributed by atoms with Gasteiger partial charge in [0.2, 0.25) is 0 Å². The van der Waals surface area contributed by atoms with Crippen molar-refractivity contribution in [2.45, 2.75) is 13.5 Å². The van der Waals surface area contributed by atoms with E-state index in [1.165, 1.54) is 13.0 Å². The number of rotatable bonds is 5. The Morgan fingerprint density at radius 1 is 1.39 bits per heavy atom. The number of nitrogens with zero attached hydrogens (tertiary/aromatic N) is 2. The minimum atomic E-state index is -0.513. The average molecular weight is 330 g/mol. The fourth-order valence-electron chi connectivity index (χ4n) is 2.09. The Hall–Kier alpha value is -2.67. The molecule has 0 spiro atoms. The Bertz CT molecular complexity index is 845. The first kappa shape index (κ1) is 15.2. The molecule has 3 heterocycles. The molecule has 0 aliphatic rings. The zero-order valence-electron chi connectivity index (χ0n) is 12.6. The molecule has 0 saturated carbocycles. The molecular weight excluding hydrogens is 316 g/mol. The number of Topliss-reactive ketones (excluding diaryl/α,β-unsaturated/α-hetero) is 1. The number of ketones is 1. The summed E-state index contributed by atoms with van der Waals surface area (Å²) in [5, 5.41) is 5.83. The van der Waals surface area contributed by atoms with E-state index in [4.69, 9.17) is 9.26 Å². The molecule has 0 atom stereocenters. The van der Waals surface area contributed by atoms with Crippen LogP contribution in [0.1, 0.15) is 33.5 Å². The highest BCUT2D eigenvalue weighted by Gasteiger charge is 2.16. The topological polar surface area (TPSA) is 74.3 Å². The third kappa shape index (κ3) is 3.24. The van der Waals surface area contributed by atoms with E-state index < -0.39 is 5.97 Å². The van der Waals surface area contributed by atoms with Crippen molar-refractivity contribution in [2.75, 3.05) is 0 Å². The number of aromatic nitrogens is 2. The van der Waals surface area contributed by atoms with Gasteiger partial charge in [-0.15, -0.1) is 11.3 Å². The molecular formula is C16H14N2O4S. The quantitative estimate of drug-likeness (QED) is 0.530. The molecule has 3 aromatic rings. The van der Waals surface area contributed by atoms with Crippen molar-refractivity contribution in [3.8, 4) is 10.6 Å². The highest BCUT2D eigenvalue weighted by atomic mass is 32.1. The first-order valence-corrected chi connectivity index (χ1v) is 7.76. The van der Waals surface area contributed by atoms with E-state index >= 15 is 0 Å². The molecule has 0 unspecified atom stereocenters. The van der Waals surface area contributed by atoms with E-state index in [1.807, 2.05) is 17.5 Å². The number of carbonyl (C=O) groups is 2. The predicted octanol–water partition coefficient (Wildman–Crippen LogP) is 3.30. The highest BCUT2D eigenvalue weighted by Crippen LogP contribution is 2.25. The molecule has 7 heteroatoms. The second kappa shape index (κ2) is 6.21. The van der Waals surface area contributed by atoms with Crippen LogP contribution >= 0.6 is 11.3 Å². The summed E-state index contributed by atoms with van der Waals surface area (Å²) in [7, 11) is 1.69. The zero-order chi connectivity index (χ0) is 16.4. The van der Waals surface area contributed by atoms with Crippen molar-refractivity contribution >= 4 is 23.1 Å². The Morgan fingerprint density at radius 2 is 2.22 bits per heavy atom. The Kier molecular flexibility index (Phi) is 4.12. The molecule has 0 radical (unpaired) electrons. The summed E-state index contributed by atoms with van der Waals surface area (Å²) < 4.78 is 12.0. The molecule has 6 nitrogen and oxygen atoms in total. The maximum atomic E-state index is 12.1. The number of hydrogen-bond donors (Lipinski definition) is 0. The third-order valence-electron chi connectivity index (χ3n) is 3.29. The predicted molar refractivity (Wildman–Crippen MR) is 84.4 cm³/mol. The van der Waals surface area contributed by atoms with E-state index in [0.29, 0.717) is 22.7 Å². The van der Waals surface area contributed by atoms with Crippen molar-refractivity contribution in [1.29, 1.82) is 0 Å². The zero-order valence-corrected chi connectivity index (χ0v) is 13.4. The van der Waals surface area contributed by atoms with Gasteiger partial charge in [-0.3, -0.25) is 4.79 Å². The summed E-state index contributed by atoms with van der Waals surface area (Å²) >= 11 is 1.54. The number of hydrogen-bond acceptors (Lipinski definition) is 6. The van der Waals surface area contributed by atoms with E-state index in [2.05, 4.69) is 5.16 Å². The van der Waals surface area contributed by atoms with Crippen molar-refractivity contribution < 1.29 is 18.8 Å². The lowest BCUT2D eigenvalue weighted by Crippen LogP contribution is -2.09. The van der Waals surface area contributed by atoms with Gasteiger partial charge >= 0.3 is 5.97 Å². The van der Waals surface area contributed by atoms with Gasteiger partial charge in [-0.25, -0.2) is 4.79 Å². The molecule has 23 heavy (non-hydrogen) atoms. The fourth-order valence-corrected chi connectivity index (χ4v) is 2.76. The van der Waals surface area contributed by atoms with E-state index in [0.717, 1.165) is 4.88 Å². The largest absolute Gasteiger partial charge is 0.454 e. The first-order valence-electron chi connectivity index (χ1n) is 6.88. The molecule has 0 amide bonds. The molecule has 0 saturated heterocycles. The molecule has 118 valence electrons. The van der Waals surface area contributed by atoms with Crippen LogP contribution < -0.4 is 0 Å². The van der Waals surface area contributed by atoms with Crippen LogP contribution in [-0.2, 0) is 18.4 Å². The molecule has 3 rings (SSSR count). The maximum absolute atomic E-state index is 12.1. The van der Waals surface area contributed by atoms with Gasteiger partial charge in [-0.1, -0.05) is 11.2 Å². The summed E-state index contributed by atoms with van der Waals surface area (Å²) in [6.07, 6.45) is 1.60. The van der Waals surface area contributed by atoms with Crippen LogP contribution in [0.5, 0.6) is 0 Å². The normalized spacial score (nSPS) is 10.7. The number of esters is 1. The van der Waals surface area contributed by atoms with Crippen molar-refractivity contribution in [2.24, 2.45) is 7.05 Å². The van der Waals surface area contributed by atoms with Crippen LogP contribution in [-0.4, -0.2) is 21.5 Å². The monoisotopic (exact) mass is 330 g/mol. The minimum Gasteiger partial charge on any atom is -0.454 e. The van der Waals surface area contributed by atoms with Gasteiger partial charge in [0.1, 0.15) is 18.0 Å². The van der Waals surface area contributed by atoms with Crippen LogP contribution in [0.25, 0.3) is 10.6 Å². The second-order valence-electron chi connectivity index (χ2n) is 5.02. The first-order chi connectivity index (χ1) is 11.0. The number of thiophene rings is 1. The Labute approximate surface area is 136 Å². The second-order valence-corrected chi connectivity index (χ2v) is 5.96. The summed E-state index contributed by atoms with van der Waals surface area (Å²) in [5.41, 5.74) is 1.32. The lowest BCUT2D eigenvalue weighted by Gasteiger charge is -2.02. The van der Waals surface area contributed by atoms with Crippen LogP contribution in [0, 0.1) is 0 Å². The molecule has 0 fully saturated rings. The highest BCUT2D eigenvalue weighted by molar-refractivity contribution is 7.13. The Morgan fingerprint density at radius 3 is 2.87 bits per heavy atom. The molecule has 0 aliphatic heterocycles. The lowest BCUT2D eigenvalue weighted by molar-refractivity contribution is 0.0453.